The molecule has 0 amide bonds. The van der Waals surface area contributed by atoms with Gasteiger partial charge in [0.15, 0.2) is 0 Å². The Morgan fingerprint density at radius 3 is 2.40 bits per heavy atom. The summed E-state index contributed by atoms with van der Waals surface area (Å²) in [7, 11) is 0. The number of hydrogen-bond donors (Lipinski definition) is 2. The van der Waals surface area contributed by atoms with Crippen LogP contribution < -0.4 is 11.1 Å². The number of halogens is 2. The molecule has 0 saturated heterocycles. The topological polar surface area (TPSA) is 50.9 Å². The molecule has 1 unspecified atom stereocenters. The van der Waals surface area contributed by atoms with Gasteiger partial charge in [0.25, 0.3) is 0 Å². The monoisotopic (exact) mass is 277 g/mol. The maximum atomic E-state index is 14.0. The highest BCUT2D eigenvalue weighted by atomic mass is 19.1. The molecule has 1 atom stereocenters. The third-order valence-corrected chi connectivity index (χ3v) is 3.22. The van der Waals surface area contributed by atoms with Crippen LogP contribution in [0, 0.1) is 18.6 Å². The third kappa shape index (κ3) is 2.63. The standard InChI is InChI=1S/C15H17F2N3/c1-3-19-14(12-9(2)7-8-20-15(12)18)13-10(16)5-4-6-11(13)17/h4-8,14,19H,3H2,1-2H3,(H2,18,20). The summed E-state index contributed by atoms with van der Waals surface area (Å²) in [5.41, 5.74) is 7.31. The Labute approximate surface area is 116 Å². The van der Waals surface area contributed by atoms with Crippen LogP contribution in [0.1, 0.15) is 29.7 Å². The van der Waals surface area contributed by atoms with Crippen LogP contribution in [-0.2, 0) is 0 Å². The van der Waals surface area contributed by atoms with E-state index >= 15 is 0 Å². The van der Waals surface area contributed by atoms with E-state index in [9.17, 15) is 8.78 Å². The molecule has 5 heteroatoms. The van der Waals surface area contributed by atoms with Gasteiger partial charge in [0.2, 0.25) is 0 Å². The first-order valence-electron chi connectivity index (χ1n) is 6.44. The first-order chi connectivity index (χ1) is 9.56. The second-order valence-corrected chi connectivity index (χ2v) is 4.55. The number of hydrogen-bond acceptors (Lipinski definition) is 3. The van der Waals surface area contributed by atoms with Gasteiger partial charge in [0.1, 0.15) is 17.5 Å². The lowest BCUT2D eigenvalue weighted by molar-refractivity contribution is 0.509. The van der Waals surface area contributed by atoms with Crippen LogP contribution in [-0.4, -0.2) is 11.5 Å². The molecular weight excluding hydrogens is 260 g/mol. The molecule has 0 spiro atoms. The minimum Gasteiger partial charge on any atom is -0.383 e. The van der Waals surface area contributed by atoms with Gasteiger partial charge in [0.05, 0.1) is 6.04 Å². The highest BCUT2D eigenvalue weighted by Crippen LogP contribution is 2.31. The lowest BCUT2D eigenvalue weighted by Crippen LogP contribution is -2.26. The van der Waals surface area contributed by atoms with E-state index in [4.69, 9.17) is 5.73 Å². The molecule has 0 radical (unpaired) electrons. The molecule has 0 aliphatic rings. The molecule has 3 N–H and O–H groups in total. The van der Waals surface area contributed by atoms with Crippen molar-refractivity contribution in [2.24, 2.45) is 0 Å². The van der Waals surface area contributed by atoms with Gasteiger partial charge < -0.3 is 11.1 Å². The van der Waals surface area contributed by atoms with Gasteiger partial charge in [-0.25, -0.2) is 13.8 Å². The predicted molar refractivity (Wildman–Crippen MR) is 75.3 cm³/mol. The molecule has 0 bridgehead atoms. The molecule has 0 fully saturated rings. The maximum Gasteiger partial charge on any atom is 0.131 e. The SMILES string of the molecule is CCNC(c1c(F)cccc1F)c1c(C)ccnc1N. The van der Waals surface area contributed by atoms with E-state index in [0.29, 0.717) is 12.1 Å². The first-order valence-corrected chi connectivity index (χ1v) is 6.44. The number of nitrogens with zero attached hydrogens (tertiary/aromatic N) is 1. The number of nitrogen functional groups attached to an aromatic ring is 1. The van der Waals surface area contributed by atoms with Crippen LogP contribution in [0.2, 0.25) is 0 Å². The van der Waals surface area contributed by atoms with Gasteiger partial charge >= 0.3 is 0 Å². The number of benzene rings is 1. The van der Waals surface area contributed by atoms with E-state index in [1.807, 2.05) is 13.8 Å². The van der Waals surface area contributed by atoms with E-state index < -0.39 is 17.7 Å². The molecule has 20 heavy (non-hydrogen) atoms. The van der Waals surface area contributed by atoms with Gasteiger partial charge in [0, 0.05) is 17.3 Å². The van der Waals surface area contributed by atoms with Crippen molar-refractivity contribution >= 4 is 5.82 Å². The molecule has 1 aromatic carbocycles. The highest BCUT2D eigenvalue weighted by molar-refractivity contribution is 5.50. The third-order valence-electron chi connectivity index (χ3n) is 3.22. The first kappa shape index (κ1) is 14.4. The lowest BCUT2D eigenvalue weighted by Gasteiger charge is -2.22. The van der Waals surface area contributed by atoms with Gasteiger partial charge in [-0.05, 0) is 37.2 Å². The van der Waals surface area contributed by atoms with Crippen molar-refractivity contribution in [1.29, 1.82) is 0 Å². The number of aryl methyl sites for hydroxylation is 1. The molecule has 106 valence electrons. The number of nitrogens with two attached hydrogens (primary N) is 1. The fourth-order valence-corrected chi connectivity index (χ4v) is 2.31. The van der Waals surface area contributed by atoms with Gasteiger partial charge in [-0.3, -0.25) is 0 Å². The molecule has 1 heterocycles. The Morgan fingerprint density at radius 2 is 1.85 bits per heavy atom. The van der Waals surface area contributed by atoms with Crippen LogP contribution in [0.15, 0.2) is 30.5 Å². The summed E-state index contributed by atoms with van der Waals surface area (Å²) in [4.78, 5) is 4.02. The van der Waals surface area contributed by atoms with Crippen LogP contribution in [0.5, 0.6) is 0 Å². The second kappa shape index (κ2) is 5.96. The number of rotatable bonds is 4. The molecule has 2 rings (SSSR count). The van der Waals surface area contributed by atoms with E-state index in [2.05, 4.69) is 10.3 Å². The van der Waals surface area contributed by atoms with Crippen molar-refractivity contribution in [3.05, 3.63) is 58.8 Å². The zero-order chi connectivity index (χ0) is 14.7. The summed E-state index contributed by atoms with van der Waals surface area (Å²) < 4.78 is 28.1. The zero-order valence-corrected chi connectivity index (χ0v) is 11.5. The predicted octanol–water partition coefficient (Wildman–Crippen LogP) is 2.95. The highest BCUT2D eigenvalue weighted by Gasteiger charge is 2.24. The van der Waals surface area contributed by atoms with Gasteiger partial charge in [-0.1, -0.05) is 13.0 Å². The Morgan fingerprint density at radius 1 is 1.20 bits per heavy atom. The minimum absolute atomic E-state index is 0.0304. The number of aromatic nitrogens is 1. The fraction of sp³-hybridized carbons (Fsp3) is 0.267. The molecule has 3 nitrogen and oxygen atoms in total. The largest absolute Gasteiger partial charge is 0.383 e. The average Bonchev–Trinajstić information content (AvgIpc) is 2.38. The minimum atomic E-state index is -0.658. The number of anilines is 1. The lowest BCUT2D eigenvalue weighted by atomic mass is 9.94. The summed E-state index contributed by atoms with van der Waals surface area (Å²) >= 11 is 0. The molecule has 0 aliphatic carbocycles. The van der Waals surface area contributed by atoms with Crippen LogP contribution in [0.3, 0.4) is 0 Å². The van der Waals surface area contributed by atoms with Crippen molar-refractivity contribution in [2.75, 3.05) is 12.3 Å². The zero-order valence-electron chi connectivity index (χ0n) is 11.5. The normalized spacial score (nSPS) is 12.4. The summed E-state index contributed by atoms with van der Waals surface area (Å²) in [5, 5.41) is 3.08. The molecule has 2 aromatic rings. The van der Waals surface area contributed by atoms with Crippen LogP contribution in [0.4, 0.5) is 14.6 Å². The van der Waals surface area contributed by atoms with Crippen molar-refractivity contribution < 1.29 is 8.78 Å². The molecular formula is C15H17F2N3. The smallest absolute Gasteiger partial charge is 0.131 e. The Bertz CT molecular complexity index is 522. The van der Waals surface area contributed by atoms with E-state index in [0.717, 1.165) is 5.56 Å². The summed E-state index contributed by atoms with van der Waals surface area (Å²) in [5.74, 6) is -0.921. The Hall–Kier alpha value is -2.01. The van der Waals surface area contributed by atoms with Crippen molar-refractivity contribution in [2.45, 2.75) is 19.9 Å². The van der Waals surface area contributed by atoms with Crippen molar-refractivity contribution in [3.8, 4) is 0 Å². The molecule has 0 aliphatic heterocycles. The van der Waals surface area contributed by atoms with Crippen molar-refractivity contribution in [1.82, 2.24) is 10.3 Å². The van der Waals surface area contributed by atoms with Crippen LogP contribution >= 0.6 is 0 Å². The Kier molecular flexibility index (Phi) is 4.29. The summed E-state index contributed by atoms with van der Waals surface area (Å²) in [6.07, 6.45) is 1.58. The molecule has 1 aromatic heterocycles. The molecule has 0 saturated carbocycles. The van der Waals surface area contributed by atoms with Crippen molar-refractivity contribution in [3.63, 3.8) is 0 Å². The number of nitrogens with one attached hydrogen (secondary N) is 1. The van der Waals surface area contributed by atoms with Crippen LogP contribution in [0.25, 0.3) is 0 Å². The van der Waals surface area contributed by atoms with E-state index in [1.54, 1.807) is 12.3 Å². The maximum absolute atomic E-state index is 14.0. The summed E-state index contributed by atoms with van der Waals surface area (Å²) in [6, 6.07) is 4.94. The number of pyridine rings is 1. The van der Waals surface area contributed by atoms with E-state index in [-0.39, 0.29) is 11.4 Å². The average molecular weight is 277 g/mol. The summed E-state index contributed by atoms with van der Waals surface area (Å²) in [6.45, 7) is 4.26. The van der Waals surface area contributed by atoms with Gasteiger partial charge in [-0.2, -0.15) is 0 Å². The Balaban J connectivity index is 2.63. The quantitative estimate of drug-likeness (QED) is 0.903. The fourth-order valence-electron chi connectivity index (χ4n) is 2.31. The second-order valence-electron chi connectivity index (χ2n) is 4.55. The van der Waals surface area contributed by atoms with E-state index in [1.165, 1.54) is 18.2 Å². The van der Waals surface area contributed by atoms with Gasteiger partial charge in [-0.15, -0.1) is 0 Å².